The molecule has 0 N–H and O–H groups in total. The summed E-state index contributed by atoms with van der Waals surface area (Å²) in [5, 5.41) is 0.192. The molecule has 4 rings (SSSR count). The lowest BCUT2D eigenvalue weighted by Gasteiger charge is -2.11. The van der Waals surface area contributed by atoms with E-state index in [1.54, 1.807) is 18.2 Å². The van der Waals surface area contributed by atoms with Gasteiger partial charge < -0.3 is 14.0 Å². The van der Waals surface area contributed by atoms with Crippen molar-refractivity contribution in [2.75, 3.05) is 6.79 Å². The van der Waals surface area contributed by atoms with Crippen molar-refractivity contribution >= 4 is 11.6 Å². The van der Waals surface area contributed by atoms with Crippen molar-refractivity contribution < 1.29 is 13.9 Å². The lowest BCUT2D eigenvalue weighted by Crippen LogP contribution is -2.40. The predicted octanol–water partition coefficient (Wildman–Crippen LogP) is 2.57. The van der Waals surface area contributed by atoms with Gasteiger partial charge >= 0.3 is 11.1 Å². The molecule has 8 heteroatoms. The summed E-state index contributed by atoms with van der Waals surface area (Å²) >= 11 is 5.99. The second kappa shape index (κ2) is 6.34. The molecule has 1 aliphatic rings. The fourth-order valence-corrected chi connectivity index (χ4v) is 2.95. The van der Waals surface area contributed by atoms with Crippen LogP contribution in [-0.4, -0.2) is 15.9 Å². The van der Waals surface area contributed by atoms with Crippen LogP contribution in [0.5, 0.6) is 11.5 Å². The van der Waals surface area contributed by atoms with E-state index in [4.69, 9.17) is 21.1 Å². The zero-order chi connectivity index (χ0) is 18.3. The number of nitrogens with zero attached hydrogens (tertiary/aromatic N) is 2. The SMILES string of the molecule is O=c1c(=O)n(-c2ccc3c(c2)OCO3)ccn1Cc1c(F)cccc1Cl. The van der Waals surface area contributed by atoms with Gasteiger partial charge in [-0.05, 0) is 24.3 Å². The molecule has 26 heavy (non-hydrogen) atoms. The lowest BCUT2D eigenvalue weighted by molar-refractivity contribution is 0.174. The van der Waals surface area contributed by atoms with Crippen LogP contribution in [0, 0.1) is 5.82 Å². The summed E-state index contributed by atoms with van der Waals surface area (Å²) in [6, 6.07) is 9.17. The van der Waals surface area contributed by atoms with E-state index in [1.807, 2.05) is 0 Å². The summed E-state index contributed by atoms with van der Waals surface area (Å²) in [5.74, 6) is 0.533. The molecule has 0 fully saturated rings. The van der Waals surface area contributed by atoms with Crippen molar-refractivity contribution in [2.24, 2.45) is 0 Å². The smallest absolute Gasteiger partial charge is 0.320 e. The van der Waals surface area contributed by atoms with Crippen molar-refractivity contribution in [3.8, 4) is 17.2 Å². The maximum Gasteiger partial charge on any atom is 0.320 e. The van der Waals surface area contributed by atoms with E-state index in [-0.39, 0.29) is 23.9 Å². The monoisotopic (exact) mass is 374 g/mol. The number of hydrogen-bond acceptors (Lipinski definition) is 4. The maximum absolute atomic E-state index is 13.9. The second-order valence-electron chi connectivity index (χ2n) is 5.64. The highest BCUT2D eigenvalue weighted by Gasteiger charge is 2.16. The molecule has 0 unspecified atom stereocenters. The standard InChI is InChI=1S/C18H12ClFN2O4/c19-13-2-1-3-14(20)12(13)9-21-6-7-22(18(24)17(21)23)11-4-5-15-16(8-11)26-10-25-15/h1-8H,9-10H2. The largest absolute Gasteiger partial charge is 0.454 e. The molecule has 0 saturated carbocycles. The Morgan fingerprint density at radius 2 is 1.85 bits per heavy atom. The zero-order valence-corrected chi connectivity index (χ0v) is 14.1. The number of hydrogen-bond donors (Lipinski definition) is 0. The van der Waals surface area contributed by atoms with Crippen molar-refractivity contribution in [1.82, 2.24) is 9.13 Å². The molecular formula is C18H12ClFN2O4. The Kier molecular flexibility index (Phi) is 4.00. The van der Waals surface area contributed by atoms with Crippen LogP contribution in [-0.2, 0) is 6.54 Å². The van der Waals surface area contributed by atoms with Gasteiger partial charge in [0.25, 0.3) is 0 Å². The van der Waals surface area contributed by atoms with E-state index in [1.165, 1.54) is 35.2 Å². The zero-order valence-electron chi connectivity index (χ0n) is 13.3. The summed E-state index contributed by atoms with van der Waals surface area (Å²) in [6.07, 6.45) is 2.85. The molecule has 0 radical (unpaired) electrons. The van der Waals surface area contributed by atoms with Gasteiger partial charge in [0.15, 0.2) is 11.5 Å². The Balaban J connectivity index is 1.74. The van der Waals surface area contributed by atoms with E-state index < -0.39 is 16.9 Å². The fraction of sp³-hybridized carbons (Fsp3) is 0.111. The lowest BCUT2D eigenvalue weighted by atomic mass is 10.2. The maximum atomic E-state index is 13.9. The molecule has 0 saturated heterocycles. The fourth-order valence-electron chi connectivity index (χ4n) is 2.73. The molecule has 1 aliphatic heterocycles. The topological polar surface area (TPSA) is 62.5 Å². The second-order valence-corrected chi connectivity index (χ2v) is 6.05. The van der Waals surface area contributed by atoms with E-state index in [2.05, 4.69) is 0 Å². The molecule has 132 valence electrons. The van der Waals surface area contributed by atoms with Crippen LogP contribution in [0.2, 0.25) is 5.02 Å². The highest BCUT2D eigenvalue weighted by molar-refractivity contribution is 6.31. The predicted molar refractivity (Wildman–Crippen MR) is 92.9 cm³/mol. The normalized spacial score (nSPS) is 12.4. The minimum absolute atomic E-state index is 0.110. The Morgan fingerprint density at radius 1 is 1.04 bits per heavy atom. The van der Waals surface area contributed by atoms with E-state index in [9.17, 15) is 14.0 Å². The van der Waals surface area contributed by atoms with Crippen LogP contribution in [0.3, 0.4) is 0 Å². The molecule has 0 bridgehead atoms. The van der Waals surface area contributed by atoms with Gasteiger partial charge in [0.2, 0.25) is 6.79 Å². The highest BCUT2D eigenvalue weighted by Crippen LogP contribution is 2.33. The Morgan fingerprint density at radius 3 is 2.65 bits per heavy atom. The first-order valence-electron chi connectivity index (χ1n) is 7.69. The van der Waals surface area contributed by atoms with Gasteiger partial charge in [-0.3, -0.25) is 14.2 Å². The van der Waals surface area contributed by atoms with Crippen molar-refractivity contribution in [3.63, 3.8) is 0 Å². The van der Waals surface area contributed by atoms with Crippen LogP contribution < -0.4 is 20.6 Å². The number of benzene rings is 2. The Labute approximate surface area is 151 Å². The van der Waals surface area contributed by atoms with Gasteiger partial charge in [0.1, 0.15) is 5.82 Å². The Bertz CT molecular complexity index is 1100. The van der Waals surface area contributed by atoms with Gasteiger partial charge in [-0.1, -0.05) is 17.7 Å². The average molecular weight is 375 g/mol. The molecule has 0 amide bonds. The van der Waals surface area contributed by atoms with Gasteiger partial charge in [-0.15, -0.1) is 0 Å². The van der Waals surface area contributed by atoms with Crippen LogP contribution in [0.15, 0.2) is 58.4 Å². The molecule has 2 aromatic carbocycles. The third-order valence-corrected chi connectivity index (χ3v) is 4.44. The van der Waals surface area contributed by atoms with Crippen LogP contribution >= 0.6 is 11.6 Å². The van der Waals surface area contributed by atoms with Crippen molar-refractivity contribution in [3.05, 3.63) is 85.9 Å². The van der Waals surface area contributed by atoms with Crippen LogP contribution in [0.1, 0.15) is 5.56 Å². The van der Waals surface area contributed by atoms with Crippen molar-refractivity contribution in [1.29, 1.82) is 0 Å². The molecule has 6 nitrogen and oxygen atoms in total. The average Bonchev–Trinajstić information content (AvgIpc) is 3.09. The summed E-state index contributed by atoms with van der Waals surface area (Å²) in [6.45, 7) is -0.0275. The molecule has 0 spiro atoms. The molecule has 3 aromatic rings. The molecule has 2 heterocycles. The third-order valence-electron chi connectivity index (χ3n) is 4.08. The molecule has 1 aromatic heterocycles. The summed E-state index contributed by atoms with van der Waals surface area (Å²) < 4.78 is 26.8. The quantitative estimate of drug-likeness (QED) is 0.661. The number of aromatic nitrogens is 2. The van der Waals surface area contributed by atoms with Crippen LogP contribution in [0.4, 0.5) is 4.39 Å². The van der Waals surface area contributed by atoms with E-state index in [0.717, 1.165) is 4.57 Å². The first-order valence-corrected chi connectivity index (χ1v) is 8.07. The molecular weight excluding hydrogens is 363 g/mol. The number of ether oxygens (including phenoxy) is 2. The highest BCUT2D eigenvalue weighted by atomic mass is 35.5. The number of fused-ring (bicyclic) bond motifs is 1. The summed E-state index contributed by atoms with van der Waals surface area (Å²) in [5.41, 5.74) is -0.938. The van der Waals surface area contributed by atoms with Gasteiger partial charge in [0.05, 0.1) is 12.2 Å². The van der Waals surface area contributed by atoms with Gasteiger partial charge in [-0.25, -0.2) is 4.39 Å². The summed E-state index contributed by atoms with van der Waals surface area (Å²) in [7, 11) is 0. The van der Waals surface area contributed by atoms with Gasteiger partial charge in [0, 0.05) is 29.0 Å². The third kappa shape index (κ3) is 2.76. The first-order chi connectivity index (χ1) is 12.5. The van der Waals surface area contributed by atoms with Crippen molar-refractivity contribution in [2.45, 2.75) is 6.54 Å². The first kappa shape index (κ1) is 16.4. The van der Waals surface area contributed by atoms with E-state index in [0.29, 0.717) is 17.2 Å². The minimum atomic E-state index is -0.788. The number of rotatable bonds is 3. The number of halogens is 2. The molecule has 0 atom stereocenters. The van der Waals surface area contributed by atoms with Gasteiger partial charge in [-0.2, -0.15) is 0 Å². The molecule has 0 aliphatic carbocycles. The van der Waals surface area contributed by atoms with Crippen LogP contribution in [0.25, 0.3) is 5.69 Å². The Hall–Kier alpha value is -3.06. The van der Waals surface area contributed by atoms with E-state index >= 15 is 0 Å². The summed E-state index contributed by atoms with van der Waals surface area (Å²) in [4.78, 5) is 24.9. The minimum Gasteiger partial charge on any atom is -0.454 e.